The highest BCUT2D eigenvalue weighted by atomic mass is 79.9. The Kier molecular flexibility index (Phi) is 2.77. The maximum atomic E-state index is 11.3. The lowest BCUT2D eigenvalue weighted by atomic mass is 9.62. The summed E-state index contributed by atoms with van der Waals surface area (Å²) in [4.78, 5) is 11.4. The average molecular weight is 355 g/mol. The molecule has 2 aliphatic rings. The number of primary amides is 1. The van der Waals surface area contributed by atoms with E-state index in [0.717, 1.165) is 12.8 Å². The quantitative estimate of drug-likeness (QED) is 0.744. The third kappa shape index (κ3) is 1.25. The van der Waals surface area contributed by atoms with Crippen LogP contribution in [0.25, 0.3) is 0 Å². The molecule has 2 saturated carbocycles. The predicted octanol–water partition coefficient (Wildman–Crippen LogP) is 1.94. The van der Waals surface area contributed by atoms with Crippen molar-refractivity contribution in [2.45, 2.75) is 48.4 Å². The van der Waals surface area contributed by atoms with Crippen molar-refractivity contribution >= 4 is 37.8 Å². The molecule has 2 aliphatic carbocycles. The van der Waals surface area contributed by atoms with Crippen molar-refractivity contribution in [3.05, 3.63) is 0 Å². The number of hydrogen-bond acceptors (Lipinski definition) is 2. The van der Waals surface area contributed by atoms with Crippen molar-refractivity contribution in [2.75, 3.05) is 0 Å². The van der Waals surface area contributed by atoms with Crippen LogP contribution in [0, 0.1) is 10.8 Å². The highest BCUT2D eigenvalue weighted by Crippen LogP contribution is 2.72. The van der Waals surface area contributed by atoms with E-state index in [9.17, 15) is 9.90 Å². The van der Waals surface area contributed by atoms with Gasteiger partial charge in [-0.1, -0.05) is 45.7 Å². The number of rotatable bonds is 2. The SMILES string of the molecule is CC1(C)[C@@H](O)[C@@]2(Br)CC[C@@]1(CC(N)=O)[C@@H]2Br. The van der Waals surface area contributed by atoms with Gasteiger partial charge in [-0.25, -0.2) is 0 Å². The van der Waals surface area contributed by atoms with Crippen LogP contribution in [0.5, 0.6) is 0 Å². The third-order valence-corrected chi connectivity index (χ3v) is 8.37. The zero-order valence-electron chi connectivity index (χ0n) is 9.46. The van der Waals surface area contributed by atoms with E-state index in [0.29, 0.717) is 6.42 Å². The molecule has 3 N–H and O–H groups in total. The molecule has 3 nitrogen and oxygen atoms in total. The second kappa shape index (κ2) is 3.45. The molecule has 5 heteroatoms. The summed E-state index contributed by atoms with van der Waals surface area (Å²) in [6, 6.07) is 0. The Morgan fingerprint density at radius 1 is 1.50 bits per heavy atom. The highest BCUT2D eigenvalue weighted by molar-refractivity contribution is 9.12. The molecule has 0 aromatic carbocycles. The summed E-state index contributed by atoms with van der Waals surface area (Å²) in [5, 5.41) is 10.4. The van der Waals surface area contributed by atoms with Crippen LogP contribution in [-0.2, 0) is 4.79 Å². The molecule has 92 valence electrons. The Morgan fingerprint density at radius 3 is 2.44 bits per heavy atom. The van der Waals surface area contributed by atoms with Crippen LogP contribution in [0.3, 0.4) is 0 Å². The first-order valence-electron chi connectivity index (χ1n) is 5.48. The molecule has 2 bridgehead atoms. The van der Waals surface area contributed by atoms with Crippen LogP contribution in [0.4, 0.5) is 0 Å². The Hall–Kier alpha value is 0.390. The van der Waals surface area contributed by atoms with Crippen LogP contribution in [0.2, 0.25) is 0 Å². The molecule has 4 atom stereocenters. The molecule has 2 rings (SSSR count). The first kappa shape index (κ1) is 12.8. The summed E-state index contributed by atoms with van der Waals surface area (Å²) in [5.74, 6) is -0.289. The number of amides is 1. The molecule has 1 amide bonds. The van der Waals surface area contributed by atoms with Gasteiger partial charge in [0.05, 0.1) is 10.4 Å². The molecular weight excluding hydrogens is 338 g/mol. The lowest BCUT2D eigenvalue weighted by Crippen LogP contribution is -2.47. The highest BCUT2D eigenvalue weighted by Gasteiger charge is 2.73. The van der Waals surface area contributed by atoms with Gasteiger partial charge in [-0.3, -0.25) is 4.79 Å². The van der Waals surface area contributed by atoms with E-state index in [1.165, 1.54) is 0 Å². The molecule has 0 radical (unpaired) electrons. The largest absolute Gasteiger partial charge is 0.391 e. The van der Waals surface area contributed by atoms with Gasteiger partial charge in [0.25, 0.3) is 0 Å². The zero-order chi connectivity index (χ0) is 12.4. The number of nitrogens with two attached hydrogens (primary N) is 1. The molecule has 0 aliphatic heterocycles. The van der Waals surface area contributed by atoms with E-state index < -0.39 is 6.10 Å². The smallest absolute Gasteiger partial charge is 0.218 e. The van der Waals surface area contributed by atoms with Crippen molar-refractivity contribution in [3.63, 3.8) is 0 Å². The van der Waals surface area contributed by atoms with Gasteiger partial charge in [0.15, 0.2) is 0 Å². The van der Waals surface area contributed by atoms with Gasteiger partial charge >= 0.3 is 0 Å². The van der Waals surface area contributed by atoms with Gasteiger partial charge in [-0.05, 0) is 18.3 Å². The van der Waals surface area contributed by atoms with Crippen LogP contribution >= 0.6 is 31.9 Å². The van der Waals surface area contributed by atoms with Crippen LogP contribution in [0.1, 0.15) is 33.1 Å². The predicted molar refractivity (Wildman–Crippen MR) is 69.6 cm³/mol. The Bertz CT molecular complexity index is 347. The second-order valence-corrected chi connectivity index (χ2v) is 8.10. The number of hydrogen-bond donors (Lipinski definition) is 2. The van der Waals surface area contributed by atoms with Gasteiger partial charge in [0.1, 0.15) is 0 Å². The molecular formula is C11H17Br2NO2. The van der Waals surface area contributed by atoms with Crippen molar-refractivity contribution in [1.29, 1.82) is 0 Å². The van der Waals surface area contributed by atoms with Crippen LogP contribution in [0.15, 0.2) is 0 Å². The van der Waals surface area contributed by atoms with E-state index in [1.807, 2.05) is 13.8 Å². The fraction of sp³-hybridized carbons (Fsp3) is 0.909. The molecule has 0 saturated heterocycles. The summed E-state index contributed by atoms with van der Waals surface area (Å²) in [6.07, 6.45) is 1.67. The number of fused-ring (bicyclic) bond motifs is 2. The van der Waals surface area contributed by atoms with E-state index in [4.69, 9.17) is 5.73 Å². The second-order valence-electron chi connectivity index (χ2n) is 5.71. The standard InChI is InChI=1S/C11H17Br2NO2/c1-9(2)8(16)11(13)4-3-10(9,7(11)12)5-6(14)15/h7-8,16H,3-5H2,1-2H3,(H2,14,15)/t7-,8+,10+,11+/m0/s1. The number of halogens is 2. The lowest BCUT2D eigenvalue weighted by molar-refractivity contribution is -0.123. The Balaban J connectivity index is 2.48. The maximum Gasteiger partial charge on any atom is 0.218 e. The van der Waals surface area contributed by atoms with Gasteiger partial charge in [0.2, 0.25) is 5.91 Å². The van der Waals surface area contributed by atoms with Gasteiger partial charge < -0.3 is 10.8 Å². The van der Waals surface area contributed by atoms with Gasteiger partial charge in [-0.15, -0.1) is 0 Å². The van der Waals surface area contributed by atoms with Crippen LogP contribution in [-0.4, -0.2) is 26.3 Å². The third-order valence-electron chi connectivity index (χ3n) is 4.77. The maximum absolute atomic E-state index is 11.3. The van der Waals surface area contributed by atoms with Gasteiger partial charge in [-0.2, -0.15) is 0 Å². The summed E-state index contributed by atoms with van der Waals surface area (Å²) in [6.45, 7) is 4.05. The average Bonchev–Trinajstić information content (AvgIpc) is 2.46. The summed E-state index contributed by atoms with van der Waals surface area (Å²) >= 11 is 7.34. The fourth-order valence-corrected chi connectivity index (χ4v) is 6.31. The molecule has 16 heavy (non-hydrogen) atoms. The normalized spacial score (nSPS) is 49.6. The molecule has 0 aromatic heterocycles. The minimum atomic E-state index is -0.461. The Morgan fingerprint density at radius 2 is 2.06 bits per heavy atom. The van der Waals surface area contributed by atoms with Gasteiger partial charge in [0, 0.05) is 16.7 Å². The van der Waals surface area contributed by atoms with Crippen molar-refractivity contribution in [2.24, 2.45) is 16.6 Å². The zero-order valence-corrected chi connectivity index (χ0v) is 12.6. The van der Waals surface area contributed by atoms with E-state index in [2.05, 4.69) is 31.9 Å². The number of carbonyl (C=O) groups excluding carboxylic acids is 1. The summed E-state index contributed by atoms with van der Waals surface area (Å²) in [5.41, 5.74) is 4.82. The number of aliphatic hydroxyl groups excluding tert-OH is 1. The molecule has 0 heterocycles. The molecule has 0 aromatic rings. The summed E-state index contributed by atoms with van der Waals surface area (Å²) < 4.78 is -0.314. The molecule has 2 fully saturated rings. The van der Waals surface area contributed by atoms with E-state index in [-0.39, 0.29) is 25.9 Å². The lowest BCUT2D eigenvalue weighted by Gasteiger charge is -2.45. The van der Waals surface area contributed by atoms with Crippen molar-refractivity contribution in [3.8, 4) is 0 Å². The Labute approximate surface area is 112 Å². The topological polar surface area (TPSA) is 63.3 Å². The van der Waals surface area contributed by atoms with Crippen molar-refractivity contribution in [1.82, 2.24) is 0 Å². The minimum Gasteiger partial charge on any atom is -0.391 e. The first-order valence-corrected chi connectivity index (χ1v) is 7.19. The van der Waals surface area contributed by atoms with Crippen molar-refractivity contribution < 1.29 is 9.90 Å². The number of alkyl halides is 2. The number of carbonyl (C=O) groups is 1. The minimum absolute atomic E-state index is 0.0880. The monoisotopic (exact) mass is 353 g/mol. The summed E-state index contributed by atoms with van der Waals surface area (Å²) in [7, 11) is 0. The molecule has 0 spiro atoms. The fourth-order valence-electron chi connectivity index (χ4n) is 3.64. The van der Waals surface area contributed by atoms with E-state index in [1.54, 1.807) is 0 Å². The first-order chi connectivity index (χ1) is 7.18. The van der Waals surface area contributed by atoms with Crippen LogP contribution < -0.4 is 5.73 Å². The molecule has 0 unspecified atom stereocenters. The van der Waals surface area contributed by atoms with E-state index >= 15 is 0 Å². The number of aliphatic hydroxyl groups is 1.